The Kier molecular flexibility index (Phi) is 5.15. The minimum atomic E-state index is -0.384. The highest BCUT2D eigenvalue weighted by Crippen LogP contribution is 2.20. The maximum Gasteiger partial charge on any atom is 0.248 e. The summed E-state index contributed by atoms with van der Waals surface area (Å²) >= 11 is 9.11. The normalized spacial score (nSPS) is 10.9. The van der Waals surface area contributed by atoms with Gasteiger partial charge in [-0.05, 0) is 55.0 Å². The number of halogens is 3. The Hall–Kier alpha value is -1.65. The van der Waals surface area contributed by atoms with Crippen molar-refractivity contribution in [1.29, 1.82) is 0 Å². The van der Waals surface area contributed by atoms with E-state index in [1.54, 1.807) is 30.3 Å². The standard InChI is InChI=1S/C16H12BrClFNO/c1-10-8-13(18)4-6-15(10)20-16(21)7-2-11-9-12(17)3-5-14(11)19/h2-9H,1H3,(H,20,21)/b7-2+. The zero-order valence-corrected chi connectivity index (χ0v) is 13.5. The van der Waals surface area contributed by atoms with Crippen LogP contribution in [0.15, 0.2) is 46.9 Å². The van der Waals surface area contributed by atoms with Crippen molar-refractivity contribution in [2.24, 2.45) is 0 Å². The van der Waals surface area contributed by atoms with Gasteiger partial charge in [-0.1, -0.05) is 27.5 Å². The lowest BCUT2D eigenvalue weighted by Crippen LogP contribution is -2.08. The maximum absolute atomic E-state index is 13.5. The molecule has 0 atom stereocenters. The first-order chi connectivity index (χ1) is 9.95. The molecule has 0 aliphatic heterocycles. The molecule has 2 nitrogen and oxygen atoms in total. The molecule has 2 rings (SSSR count). The van der Waals surface area contributed by atoms with Crippen LogP contribution in [0, 0.1) is 12.7 Å². The van der Waals surface area contributed by atoms with Crippen LogP contribution in [0.5, 0.6) is 0 Å². The fourth-order valence-corrected chi connectivity index (χ4v) is 2.35. The topological polar surface area (TPSA) is 29.1 Å². The van der Waals surface area contributed by atoms with Crippen LogP contribution in [0.25, 0.3) is 6.08 Å². The van der Waals surface area contributed by atoms with E-state index in [0.717, 1.165) is 10.0 Å². The molecule has 0 unspecified atom stereocenters. The SMILES string of the molecule is Cc1cc(Cl)ccc1NC(=O)/C=C/c1cc(Br)ccc1F. The van der Waals surface area contributed by atoms with Crippen molar-refractivity contribution >= 4 is 45.2 Å². The molecule has 0 bridgehead atoms. The largest absolute Gasteiger partial charge is 0.322 e. The van der Waals surface area contributed by atoms with Gasteiger partial charge in [0, 0.05) is 26.8 Å². The van der Waals surface area contributed by atoms with Gasteiger partial charge < -0.3 is 5.32 Å². The van der Waals surface area contributed by atoms with E-state index in [0.29, 0.717) is 16.3 Å². The van der Waals surface area contributed by atoms with Gasteiger partial charge in [-0.15, -0.1) is 0 Å². The van der Waals surface area contributed by atoms with Crippen LogP contribution in [0.2, 0.25) is 5.02 Å². The van der Waals surface area contributed by atoms with Crippen LogP contribution in [0.4, 0.5) is 10.1 Å². The van der Waals surface area contributed by atoms with Gasteiger partial charge in [-0.3, -0.25) is 4.79 Å². The average Bonchev–Trinajstić information content (AvgIpc) is 2.43. The van der Waals surface area contributed by atoms with Crippen molar-refractivity contribution in [3.05, 3.63) is 68.9 Å². The molecular weight excluding hydrogens is 357 g/mol. The summed E-state index contributed by atoms with van der Waals surface area (Å²) < 4.78 is 14.3. The van der Waals surface area contributed by atoms with Crippen LogP contribution >= 0.6 is 27.5 Å². The molecule has 5 heteroatoms. The molecular formula is C16H12BrClFNO. The van der Waals surface area contributed by atoms with E-state index in [1.165, 1.54) is 18.2 Å². The number of benzene rings is 2. The van der Waals surface area contributed by atoms with E-state index in [1.807, 2.05) is 6.92 Å². The minimum Gasteiger partial charge on any atom is -0.322 e. The second-order valence-corrected chi connectivity index (χ2v) is 5.80. The summed E-state index contributed by atoms with van der Waals surface area (Å²) in [6.07, 6.45) is 2.72. The Morgan fingerprint density at radius 3 is 2.76 bits per heavy atom. The second kappa shape index (κ2) is 6.87. The molecule has 0 saturated carbocycles. The lowest BCUT2D eigenvalue weighted by Gasteiger charge is -2.06. The van der Waals surface area contributed by atoms with Gasteiger partial charge in [0.1, 0.15) is 5.82 Å². The molecule has 0 radical (unpaired) electrons. The van der Waals surface area contributed by atoms with E-state index in [-0.39, 0.29) is 11.7 Å². The van der Waals surface area contributed by atoms with E-state index in [4.69, 9.17) is 11.6 Å². The van der Waals surface area contributed by atoms with E-state index in [2.05, 4.69) is 21.2 Å². The molecule has 0 aromatic heterocycles. The van der Waals surface area contributed by atoms with Crippen molar-refractivity contribution in [2.45, 2.75) is 6.92 Å². The van der Waals surface area contributed by atoms with Gasteiger partial charge in [-0.2, -0.15) is 0 Å². The van der Waals surface area contributed by atoms with E-state index in [9.17, 15) is 9.18 Å². The number of anilines is 1. The first-order valence-corrected chi connectivity index (χ1v) is 7.33. The van der Waals surface area contributed by atoms with Crippen molar-refractivity contribution in [2.75, 3.05) is 5.32 Å². The monoisotopic (exact) mass is 367 g/mol. The summed E-state index contributed by atoms with van der Waals surface area (Å²) in [4.78, 5) is 11.9. The van der Waals surface area contributed by atoms with Gasteiger partial charge in [-0.25, -0.2) is 4.39 Å². The van der Waals surface area contributed by atoms with Gasteiger partial charge >= 0.3 is 0 Å². The quantitative estimate of drug-likeness (QED) is 0.741. The lowest BCUT2D eigenvalue weighted by atomic mass is 10.2. The van der Waals surface area contributed by atoms with Crippen LogP contribution in [-0.2, 0) is 4.79 Å². The molecule has 2 aromatic rings. The van der Waals surface area contributed by atoms with Gasteiger partial charge in [0.05, 0.1) is 0 Å². The smallest absolute Gasteiger partial charge is 0.248 e. The Balaban J connectivity index is 2.11. The number of carbonyl (C=O) groups is 1. The zero-order valence-electron chi connectivity index (χ0n) is 11.2. The summed E-state index contributed by atoms with van der Waals surface area (Å²) in [6, 6.07) is 9.72. The van der Waals surface area contributed by atoms with Crippen LogP contribution in [-0.4, -0.2) is 5.91 Å². The fourth-order valence-electron chi connectivity index (χ4n) is 1.75. The zero-order chi connectivity index (χ0) is 15.4. The second-order valence-electron chi connectivity index (χ2n) is 4.45. The molecule has 1 N–H and O–H groups in total. The summed E-state index contributed by atoms with van der Waals surface area (Å²) in [7, 11) is 0. The van der Waals surface area contributed by atoms with Crippen molar-refractivity contribution in [1.82, 2.24) is 0 Å². The molecule has 2 aromatic carbocycles. The van der Waals surface area contributed by atoms with Crippen molar-refractivity contribution < 1.29 is 9.18 Å². The minimum absolute atomic E-state index is 0.334. The van der Waals surface area contributed by atoms with Gasteiger partial charge in [0.2, 0.25) is 5.91 Å². The molecule has 1 amide bonds. The Morgan fingerprint density at radius 1 is 1.29 bits per heavy atom. The van der Waals surface area contributed by atoms with Gasteiger partial charge in [0.15, 0.2) is 0 Å². The summed E-state index contributed by atoms with van der Waals surface area (Å²) in [6.45, 7) is 1.85. The number of aryl methyl sites for hydroxylation is 1. The Labute approximate surface area is 135 Å². The molecule has 0 spiro atoms. The molecule has 21 heavy (non-hydrogen) atoms. The summed E-state index contributed by atoms with van der Waals surface area (Å²) in [5.74, 6) is -0.718. The van der Waals surface area contributed by atoms with Crippen LogP contribution < -0.4 is 5.32 Å². The first-order valence-electron chi connectivity index (χ1n) is 6.16. The third kappa shape index (κ3) is 4.41. The van der Waals surface area contributed by atoms with Crippen molar-refractivity contribution in [3.63, 3.8) is 0 Å². The number of hydrogen-bond donors (Lipinski definition) is 1. The summed E-state index contributed by atoms with van der Waals surface area (Å²) in [5, 5.41) is 3.33. The molecule has 0 aliphatic carbocycles. The molecule has 0 fully saturated rings. The molecule has 0 heterocycles. The Morgan fingerprint density at radius 2 is 2.05 bits per heavy atom. The fraction of sp³-hybridized carbons (Fsp3) is 0.0625. The number of hydrogen-bond acceptors (Lipinski definition) is 1. The average molecular weight is 369 g/mol. The van der Waals surface area contributed by atoms with E-state index >= 15 is 0 Å². The number of amides is 1. The third-order valence-electron chi connectivity index (χ3n) is 2.82. The van der Waals surface area contributed by atoms with Crippen molar-refractivity contribution in [3.8, 4) is 0 Å². The highest BCUT2D eigenvalue weighted by Gasteiger charge is 2.03. The summed E-state index contributed by atoms with van der Waals surface area (Å²) in [5.41, 5.74) is 1.87. The van der Waals surface area contributed by atoms with Gasteiger partial charge in [0.25, 0.3) is 0 Å². The highest BCUT2D eigenvalue weighted by molar-refractivity contribution is 9.10. The predicted molar refractivity (Wildman–Crippen MR) is 88.0 cm³/mol. The number of nitrogens with one attached hydrogen (secondary N) is 1. The third-order valence-corrected chi connectivity index (χ3v) is 3.55. The van der Waals surface area contributed by atoms with Crippen LogP contribution in [0.1, 0.15) is 11.1 Å². The highest BCUT2D eigenvalue weighted by atomic mass is 79.9. The maximum atomic E-state index is 13.5. The molecule has 0 aliphatic rings. The molecule has 108 valence electrons. The number of carbonyl (C=O) groups excluding carboxylic acids is 1. The van der Waals surface area contributed by atoms with Crippen LogP contribution in [0.3, 0.4) is 0 Å². The van der Waals surface area contributed by atoms with E-state index < -0.39 is 0 Å². The first kappa shape index (κ1) is 15.7. The predicted octanol–water partition coefficient (Wildman–Crippen LogP) is 5.20. The number of rotatable bonds is 3. The Bertz CT molecular complexity index is 715. The molecule has 0 saturated heterocycles. The lowest BCUT2D eigenvalue weighted by molar-refractivity contribution is -0.111.